The molecule has 0 aromatic rings. The Morgan fingerprint density at radius 3 is 2.80 bits per heavy atom. The van der Waals surface area contributed by atoms with Crippen molar-refractivity contribution in [3.8, 4) is 0 Å². The molecule has 0 rings (SSSR count). The van der Waals surface area contributed by atoms with Crippen molar-refractivity contribution in [1.29, 1.82) is 0 Å². The molecule has 0 aromatic heterocycles. The lowest BCUT2D eigenvalue weighted by atomic mass is 10.2. The molecule has 0 amide bonds. The van der Waals surface area contributed by atoms with E-state index in [1.54, 1.807) is 6.08 Å². The first-order valence-electron chi connectivity index (χ1n) is 3.23. The zero-order valence-corrected chi connectivity index (χ0v) is 6.29. The molecule has 0 unspecified atom stereocenters. The minimum atomic E-state index is -0.886. The molecule has 10 heavy (non-hydrogen) atoms. The molecule has 2 N–H and O–H groups in total. The van der Waals surface area contributed by atoms with Crippen molar-refractivity contribution in [2.45, 2.75) is 19.4 Å². The van der Waals surface area contributed by atoms with Gasteiger partial charge in [-0.15, -0.1) is 0 Å². The third kappa shape index (κ3) is 5.31. The lowest BCUT2D eigenvalue weighted by Crippen LogP contribution is -2.19. The average Bonchev–Trinajstić information content (AvgIpc) is 1.87. The van der Waals surface area contributed by atoms with E-state index in [9.17, 15) is 4.79 Å². The summed E-state index contributed by atoms with van der Waals surface area (Å²) in [6.07, 6.45) is 3.56. The summed E-state index contributed by atoms with van der Waals surface area (Å²) in [5.74, 6) is -0.886. The van der Waals surface area contributed by atoms with E-state index in [0.29, 0.717) is 6.04 Å². The Balaban J connectivity index is 3.43. The van der Waals surface area contributed by atoms with E-state index in [1.165, 1.54) is 0 Å². The molecule has 1 atom stereocenters. The lowest BCUT2D eigenvalue weighted by Gasteiger charge is -2.03. The van der Waals surface area contributed by atoms with Crippen LogP contribution in [0, 0.1) is 0 Å². The summed E-state index contributed by atoms with van der Waals surface area (Å²) < 4.78 is 0. The molecule has 0 aromatic carbocycles. The van der Waals surface area contributed by atoms with Crippen molar-refractivity contribution in [3.63, 3.8) is 0 Å². The SMILES string of the molecule is CN[C@H](C)C/C=C/C(=O)O. The molecule has 0 spiro atoms. The number of carbonyl (C=O) groups is 1. The molecule has 0 saturated heterocycles. The Hall–Kier alpha value is -0.830. The Kier molecular flexibility index (Phi) is 4.58. The van der Waals surface area contributed by atoms with Gasteiger partial charge in [-0.05, 0) is 20.4 Å². The monoisotopic (exact) mass is 143 g/mol. The first kappa shape index (κ1) is 9.17. The summed E-state index contributed by atoms with van der Waals surface area (Å²) in [4.78, 5) is 9.96. The first-order valence-corrected chi connectivity index (χ1v) is 3.23. The number of nitrogens with one attached hydrogen (secondary N) is 1. The highest BCUT2D eigenvalue weighted by Crippen LogP contribution is 1.89. The summed E-state index contributed by atoms with van der Waals surface area (Å²) in [6, 6.07) is 0.343. The number of aliphatic carboxylic acids is 1. The van der Waals surface area contributed by atoms with Crippen LogP contribution in [0.4, 0.5) is 0 Å². The van der Waals surface area contributed by atoms with Gasteiger partial charge in [0.15, 0.2) is 0 Å². The maximum Gasteiger partial charge on any atom is 0.327 e. The predicted molar refractivity (Wildman–Crippen MR) is 39.9 cm³/mol. The number of hydrogen-bond donors (Lipinski definition) is 2. The number of carboxylic acid groups (broad SMARTS) is 1. The molecule has 0 bridgehead atoms. The highest BCUT2D eigenvalue weighted by atomic mass is 16.4. The van der Waals surface area contributed by atoms with Gasteiger partial charge in [-0.3, -0.25) is 0 Å². The maximum atomic E-state index is 9.96. The van der Waals surface area contributed by atoms with Crippen LogP contribution in [-0.2, 0) is 4.79 Å². The molecular weight excluding hydrogens is 130 g/mol. The maximum absolute atomic E-state index is 9.96. The zero-order chi connectivity index (χ0) is 7.98. The summed E-state index contributed by atoms with van der Waals surface area (Å²) in [5.41, 5.74) is 0. The molecule has 0 aliphatic heterocycles. The average molecular weight is 143 g/mol. The highest BCUT2D eigenvalue weighted by molar-refractivity contribution is 5.79. The standard InChI is InChI=1S/C7H13NO2/c1-6(8-2)4-3-5-7(9)10/h3,5-6,8H,4H2,1-2H3,(H,9,10)/b5-3+/t6-/m1/s1. The van der Waals surface area contributed by atoms with Crippen molar-refractivity contribution in [1.82, 2.24) is 5.32 Å². The van der Waals surface area contributed by atoms with Crippen LogP contribution in [0.2, 0.25) is 0 Å². The van der Waals surface area contributed by atoms with Crippen LogP contribution in [0.1, 0.15) is 13.3 Å². The number of rotatable bonds is 4. The van der Waals surface area contributed by atoms with Crippen molar-refractivity contribution in [2.75, 3.05) is 7.05 Å². The van der Waals surface area contributed by atoms with E-state index in [4.69, 9.17) is 5.11 Å². The molecule has 0 aliphatic carbocycles. The fraction of sp³-hybridized carbons (Fsp3) is 0.571. The lowest BCUT2D eigenvalue weighted by molar-refractivity contribution is -0.131. The van der Waals surface area contributed by atoms with Crippen molar-refractivity contribution >= 4 is 5.97 Å². The summed E-state index contributed by atoms with van der Waals surface area (Å²) in [5, 5.41) is 11.2. The van der Waals surface area contributed by atoms with Gasteiger partial charge in [-0.1, -0.05) is 6.08 Å². The van der Waals surface area contributed by atoms with E-state index < -0.39 is 5.97 Å². The molecule has 0 heterocycles. The van der Waals surface area contributed by atoms with Gasteiger partial charge in [0.1, 0.15) is 0 Å². The molecule has 58 valence electrons. The van der Waals surface area contributed by atoms with Crippen molar-refractivity contribution in [2.24, 2.45) is 0 Å². The summed E-state index contributed by atoms with van der Waals surface area (Å²) >= 11 is 0. The van der Waals surface area contributed by atoms with E-state index in [2.05, 4.69) is 5.32 Å². The smallest absolute Gasteiger partial charge is 0.327 e. The molecule has 3 heteroatoms. The van der Waals surface area contributed by atoms with Crippen LogP contribution in [-0.4, -0.2) is 24.2 Å². The van der Waals surface area contributed by atoms with Gasteiger partial charge >= 0.3 is 5.97 Å². The van der Waals surface area contributed by atoms with Crippen LogP contribution in [0.3, 0.4) is 0 Å². The fourth-order valence-corrected chi connectivity index (χ4v) is 0.491. The molecular formula is C7H13NO2. The molecule has 0 radical (unpaired) electrons. The number of carboxylic acids is 1. The van der Waals surface area contributed by atoms with E-state index in [1.807, 2.05) is 14.0 Å². The Morgan fingerprint density at radius 2 is 2.40 bits per heavy atom. The molecule has 0 saturated carbocycles. The van der Waals surface area contributed by atoms with Crippen molar-refractivity contribution in [3.05, 3.63) is 12.2 Å². The second-order valence-corrected chi connectivity index (χ2v) is 2.17. The van der Waals surface area contributed by atoms with E-state index in [0.717, 1.165) is 12.5 Å². The van der Waals surface area contributed by atoms with Gasteiger partial charge in [-0.25, -0.2) is 4.79 Å². The Labute approximate surface area is 60.7 Å². The normalized spacial score (nSPS) is 13.8. The topological polar surface area (TPSA) is 49.3 Å². The molecule has 0 fully saturated rings. The van der Waals surface area contributed by atoms with Gasteiger partial charge in [0.25, 0.3) is 0 Å². The van der Waals surface area contributed by atoms with E-state index in [-0.39, 0.29) is 0 Å². The Bertz CT molecular complexity index is 132. The second kappa shape index (κ2) is 4.99. The highest BCUT2D eigenvalue weighted by Gasteiger charge is 1.92. The van der Waals surface area contributed by atoms with Crippen LogP contribution >= 0.6 is 0 Å². The van der Waals surface area contributed by atoms with E-state index >= 15 is 0 Å². The molecule has 0 aliphatic rings. The van der Waals surface area contributed by atoms with Crippen LogP contribution in [0.25, 0.3) is 0 Å². The van der Waals surface area contributed by atoms with Gasteiger partial charge in [0.2, 0.25) is 0 Å². The zero-order valence-electron chi connectivity index (χ0n) is 6.29. The number of hydrogen-bond acceptors (Lipinski definition) is 2. The summed E-state index contributed by atoms with van der Waals surface area (Å²) in [6.45, 7) is 1.99. The second-order valence-electron chi connectivity index (χ2n) is 2.17. The third-order valence-electron chi connectivity index (χ3n) is 1.24. The van der Waals surface area contributed by atoms with Crippen LogP contribution in [0.5, 0.6) is 0 Å². The first-order chi connectivity index (χ1) is 4.66. The minimum absolute atomic E-state index is 0.343. The van der Waals surface area contributed by atoms with Crippen LogP contribution in [0.15, 0.2) is 12.2 Å². The van der Waals surface area contributed by atoms with Gasteiger partial charge < -0.3 is 10.4 Å². The summed E-state index contributed by atoms with van der Waals surface area (Å²) in [7, 11) is 1.85. The van der Waals surface area contributed by atoms with Gasteiger partial charge in [-0.2, -0.15) is 0 Å². The fourth-order valence-electron chi connectivity index (χ4n) is 0.491. The Morgan fingerprint density at radius 1 is 1.80 bits per heavy atom. The minimum Gasteiger partial charge on any atom is -0.478 e. The van der Waals surface area contributed by atoms with Crippen molar-refractivity contribution < 1.29 is 9.90 Å². The largest absolute Gasteiger partial charge is 0.478 e. The predicted octanol–water partition coefficient (Wildman–Crippen LogP) is 0.625. The van der Waals surface area contributed by atoms with Gasteiger partial charge in [0, 0.05) is 12.1 Å². The van der Waals surface area contributed by atoms with Crippen LogP contribution < -0.4 is 5.32 Å². The third-order valence-corrected chi connectivity index (χ3v) is 1.24. The van der Waals surface area contributed by atoms with Gasteiger partial charge in [0.05, 0.1) is 0 Å². The quantitative estimate of drug-likeness (QED) is 0.567. The molecule has 3 nitrogen and oxygen atoms in total.